The summed E-state index contributed by atoms with van der Waals surface area (Å²) >= 11 is 0. The molecular weight excluding hydrogens is 646 g/mol. The zero-order valence-electron chi connectivity index (χ0n) is 31.9. The predicted molar refractivity (Wildman–Crippen MR) is 194 cm³/mol. The minimum absolute atomic E-state index is 0.361. The van der Waals surface area contributed by atoms with Crippen molar-refractivity contribution in [3.8, 4) is 5.75 Å². The maximum absolute atomic E-state index is 11.9. The minimum atomic E-state index is -0.508. The lowest BCUT2D eigenvalue weighted by molar-refractivity contribution is -0.0241. The van der Waals surface area contributed by atoms with Crippen LogP contribution in [0.3, 0.4) is 0 Å². The van der Waals surface area contributed by atoms with E-state index in [-0.39, 0.29) is 6.09 Å². The van der Waals surface area contributed by atoms with E-state index >= 15 is 0 Å². The van der Waals surface area contributed by atoms with Gasteiger partial charge < -0.3 is 52.3 Å². The van der Waals surface area contributed by atoms with Crippen molar-refractivity contribution in [3.63, 3.8) is 0 Å². The number of rotatable bonds is 35. The van der Waals surface area contributed by atoms with Gasteiger partial charge in [0.2, 0.25) is 0 Å². The van der Waals surface area contributed by atoms with Gasteiger partial charge in [-0.2, -0.15) is 0 Å². The van der Waals surface area contributed by atoms with Gasteiger partial charge in [0.25, 0.3) is 0 Å². The van der Waals surface area contributed by atoms with E-state index in [0.29, 0.717) is 119 Å². The fraction of sp³-hybridized carbons (Fsp3) is 0.816. The molecule has 0 aliphatic heterocycles. The fourth-order valence-electron chi connectivity index (χ4n) is 4.35. The second-order valence-electron chi connectivity index (χ2n) is 12.8. The van der Waals surface area contributed by atoms with Crippen LogP contribution in [0.2, 0.25) is 0 Å². The molecule has 12 nitrogen and oxygen atoms in total. The number of likely N-dealkylation sites (N-methyl/N-ethyl adjacent to an activating group) is 1. The van der Waals surface area contributed by atoms with Gasteiger partial charge in [0, 0.05) is 13.6 Å². The summed E-state index contributed by atoms with van der Waals surface area (Å²) in [5, 5.41) is 0. The normalized spacial score (nSPS) is 11.6. The highest BCUT2D eigenvalue weighted by atomic mass is 16.6. The molecule has 0 spiro atoms. The lowest BCUT2D eigenvalue weighted by Gasteiger charge is -2.24. The number of benzene rings is 1. The fourth-order valence-corrected chi connectivity index (χ4v) is 4.35. The second-order valence-corrected chi connectivity index (χ2v) is 12.8. The molecule has 0 saturated heterocycles. The van der Waals surface area contributed by atoms with Crippen molar-refractivity contribution in [2.75, 3.05) is 126 Å². The molecule has 0 N–H and O–H groups in total. The summed E-state index contributed by atoms with van der Waals surface area (Å²) in [6.07, 6.45) is 8.71. The van der Waals surface area contributed by atoms with E-state index in [9.17, 15) is 4.79 Å². The third-order valence-corrected chi connectivity index (χ3v) is 7.12. The Morgan fingerprint density at radius 1 is 0.540 bits per heavy atom. The summed E-state index contributed by atoms with van der Waals surface area (Å²) in [7, 11) is 1.69. The molecule has 1 rings (SSSR count). The Morgan fingerprint density at radius 3 is 1.34 bits per heavy atom. The van der Waals surface area contributed by atoms with Crippen molar-refractivity contribution in [2.24, 2.45) is 0 Å². The molecule has 0 saturated carbocycles. The lowest BCUT2D eigenvalue weighted by atomic mass is 10.0. The number of hydrogen-bond acceptors (Lipinski definition) is 11. The van der Waals surface area contributed by atoms with Crippen molar-refractivity contribution in [1.29, 1.82) is 0 Å². The monoisotopic (exact) mass is 715 g/mol. The van der Waals surface area contributed by atoms with Gasteiger partial charge in [0.15, 0.2) is 0 Å². The average molecular weight is 716 g/mol. The van der Waals surface area contributed by atoms with Crippen LogP contribution < -0.4 is 4.74 Å². The number of nitrogens with zero attached hydrogens (tertiary/aromatic N) is 1. The Balaban J connectivity index is 1.73. The molecular formula is C38H69NO11. The van der Waals surface area contributed by atoms with Crippen LogP contribution in [0.15, 0.2) is 24.3 Å². The Labute approximate surface area is 302 Å². The molecule has 0 aliphatic carbocycles. The van der Waals surface area contributed by atoms with Gasteiger partial charge in [-0.1, -0.05) is 51.2 Å². The van der Waals surface area contributed by atoms with Crippen molar-refractivity contribution < 1.29 is 52.2 Å². The first kappa shape index (κ1) is 46.0. The summed E-state index contributed by atoms with van der Waals surface area (Å²) in [5.41, 5.74) is 0.867. The summed E-state index contributed by atoms with van der Waals surface area (Å²) < 4.78 is 55.2. The molecule has 1 aromatic carbocycles. The van der Waals surface area contributed by atoms with E-state index in [0.717, 1.165) is 12.2 Å². The van der Waals surface area contributed by atoms with Gasteiger partial charge >= 0.3 is 6.09 Å². The van der Waals surface area contributed by atoms with Crippen molar-refractivity contribution in [2.45, 2.75) is 78.2 Å². The third-order valence-electron chi connectivity index (χ3n) is 7.12. The topological polar surface area (TPSA) is 113 Å². The molecule has 50 heavy (non-hydrogen) atoms. The van der Waals surface area contributed by atoms with E-state index in [2.05, 4.69) is 19.1 Å². The van der Waals surface area contributed by atoms with Crippen molar-refractivity contribution >= 4 is 6.09 Å². The van der Waals surface area contributed by atoms with Crippen LogP contribution in [0.5, 0.6) is 5.75 Å². The lowest BCUT2D eigenvalue weighted by Crippen LogP contribution is -2.36. The molecule has 1 aromatic rings. The summed E-state index contributed by atoms with van der Waals surface area (Å²) in [6, 6.07) is 8.43. The predicted octanol–water partition coefficient (Wildman–Crippen LogP) is 5.97. The van der Waals surface area contributed by atoms with E-state index in [4.69, 9.17) is 47.4 Å². The number of hydrogen-bond donors (Lipinski definition) is 0. The molecule has 0 aromatic heterocycles. The van der Waals surface area contributed by atoms with E-state index in [1.165, 1.54) is 49.0 Å². The first-order valence-corrected chi connectivity index (χ1v) is 18.6. The Hall–Kier alpha value is -2.03. The van der Waals surface area contributed by atoms with Crippen LogP contribution in [0, 0.1) is 0 Å². The number of ether oxygens (including phenoxy) is 10. The second kappa shape index (κ2) is 32.8. The number of carbonyl (C=O) groups is 1. The largest absolute Gasteiger partial charge is 0.491 e. The molecule has 12 heteroatoms. The molecule has 0 aliphatic rings. The highest BCUT2D eigenvalue weighted by Crippen LogP contribution is 2.15. The maximum atomic E-state index is 11.9. The highest BCUT2D eigenvalue weighted by Gasteiger charge is 2.19. The van der Waals surface area contributed by atoms with Gasteiger partial charge in [-0.3, -0.25) is 0 Å². The molecule has 0 fully saturated rings. The molecule has 0 bridgehead atoms. The summed E-state index contributed by atoms with van der Waals surface area (Å²) in [6.45, 7) is 16.7. The Morgan fingerprint density at radius 2 is 0.920 bits per heavy atom. The molecule has 1 amide bonds. The standard InChI is InChI=1S/C38H69NO11/c1-6-7-8-9-10-11-12-35-13-15-36(16-14-35)49-34-33-48-32-31-47-30-29-46-28-27-45-26-25-44-24-23-43-22-21-42-20-19-41-18-17-39(5)37(40)50-38(2,3)4/h13-16H,6-12,17-34H2,1-5H3. The van der Waals surface area contributed by atoms with Crippen molar-refractivity contribution in [3.05, 3.63) is 29.8 Å². The van der Waals surface area contributed by atoms with Crippen LogP contribution in [0.1, 0.15) is 71.8 Å². The van der Waals surface area contributed by atoms with Crippen molar-refractivity contribution in [1.82, 2.24) is 4.90 Å². The van der Waals surface area contributed by atoms with E-state index < -0.39 is 5.60 Å². The zero-order chi connectivity index (χ0) is 36.4. The number of aryl methyl sites for hydroxylation is 1. The quantitative estimate of drug-likeness (QED) is 0.0776. The first-order chi connectivity index (χ1) is 24.3. The van der Waals surface area contributed by atoms with Crippen LogP contribution in [-0.4, -0.2) is 143 Å². The van der Waals surface area contributed by atoms with Gasteiger partial charge in [-0.25, -0.2) is 4.79 Å². The Kier molecular flexibility index (Phi) is 30.2. The molecule has 0 unspecified atom stereocenters. The zero-order valence-corrected chi connectivity index (χ0v) is 31.9. The van der Waals surface area contributed by atoms with Crippen LogP contribution in [0.25, 0.3) is 0 Å². The van der Waals surface area contributed by atoms with E-state index in [1.54, 1.807) is 7.05 Å². The first-order valence-electron chi connectivity index (χ1n) is 18.6. The van der Waals surface area contributed by atoms with Gasteiger partial charge in [-0.15, -0.1) is 0 Å². The van der Waals surface area contributed by atoms with Gasteiger partial charge in [-0.05, 0) is 51.3 Å². The minimum Gasteiger partial charge on any atom is -0.491 e. The van der Waals surface area contributed by atoms with Gasteiger partial charge in [0.05, 0.1) is 106 Å². The molecule has 292 valence electrons. The highest BCUT2D eigenvalue weighted by molar-refractivity contribution is 5.67. The van der Waals surface area contributed by atoms with Crippen LogP contribution >= 0.6 is 0 Å². The molecule has 0 atom stereocenters. The summed E-state index contributed by atoms with van der Waals surface area (Å²) in [4.78, 5) is 13.4. The SMILES string of the molecule is CCCCCCCCc1ccc(OCCOCCOCCOCCOCCOCCOCCOCCOCCN(C)C(=O)OC(C)(C)C)cc1. The maximum Gasteiger partial charge on any atom is 0.410 e. The third kappa shape index (κ3) is 30.8. The smallest absolute Gasteiger partial charge is 0.410 e. The average Bonchev–Trinajstić information content (AvgIpc) is 3.09. The number of unbranched alkanes of at least 4 members (excludes halogenated alkanes) is 5. The van der Waals surface area contributed by atoms with Gasteiger partial charge in [0.1, 0.15) is 18.0 Å². The van der Waals surface area contributed by atoms with Crippen LogP contribution in [0.4, 0.5) is 4.79 Å². The number of amides is 1. The number of carbonyl (C=O) groups excluding carboxylic acids is 1. The Bertz CT molecular complexity index is 883. The van der Waals surface area contributed by atoms with E-state index in [1.807, 2.05) is 32.9 Å². The van der Waals surface area contributed by atoms with Crippen LogP contribution in [-0.2, 0) is 49.1 Å². The summed E-state index contributed by atoms with van der Waals surface area (Å²) in [5.74, 6) is 0.882. The molecule has 0 heterocycles. The molecule has 0 radical (unpaired) electrons.